The van der Waals surface area contributed by atoms with Gasteiger partial charge >= 0.3 is 11.9 Å². The maximum atomic E-state index is 13.1. The number of ether oxygens (including phenoxy) is 2. The maximum Gasteiger partial charge on any atom is 0.336 e. The number of carbonyl (C=O) groups is 2. The van der Waals surface area contributed by atoms with E-state index in [1.807, 2.05) is 27.7 Å². The zero-order valence-electron chi connectivity index (χ0n) is 18.9. The summed E-state index contributed by atoms with van der Waals surface area (Å²) in [6.07, 6.45) is 0. The lowest BCUT2D eigenvalue weighted by atomic mass is 9.79. The first kappa shape index (κ1) is 24.1. The summed E-state index contributed by atoms with van der Waals surface area (Å²) in [6.45, 7) is 11.4. The average molecular weight is 431 g/mol. The van der Waals surface area contributed by atoms with Gasteiger partial charge < -0.3 is 14.8 Å². The van der Waals surface area contributed by atoms with E-state index in [1.165, 1.54) is 6.07 Å². The quantitative estimate of drug-likeness (QED) is 0.373. The zero-order valence-corrected chi connectivity index (χ0v) is 18.9. The standard InChI is InChI=1S/C23H30N2O6/c1-13(2)11-30-22(26)19-15(5)24-16(6)20(23(27)31-12-14(3)4)21(19)17-9-7-8-10-18(17)25(28)29/h7-10,13-14,21,24H,11-12H2,1-6H3. The van der Waals surface area contributed by atoms with Gasteiger partial charge in [0.1, 0.15) is 0 Å². The maximum absolute atomic E-state index is 13.1. The van der Waals surface area contributed by atoms with Crippen molar-refractivity contribution in [3.63, 3.8) is 0 Å². The minimum Gasteiger partial charge on any atom is -0.462 e. The third kappa shape index (κ3) is 5.71. The second-order valence-electron chi connectivity index (χ2n) is 8.44. The smallest absolute Gasteiger partial charge is 0.336 e. The molecule has 168 valence electrons. The van der Waals surface area contributed by atoms with Crippen molar-refractivity contribution in [2.45, 2.75) is 47.5 Å². The first-order chi connectivity index (χ1) is 14.5. The van der Waals surface area contributed by atoms with Crippen LogP contribution in [-0.2, 0) is 19.1 Å². The number of nitro groups is 1. The number of esters is 2. The molecule has 1 aromatic carbocycles. The van der Waals surface area contributed by atoms with Crippen LogP contribution in [0.4, 0.5) is 5.69 Å². The second-order valence-corrected chi connectivity index (χ2v) is 8.44. The van der Waals surface area contributed by atoms with E-state index in [9.17, 15) is 19.7 Å². The van der Waals surface area contributed by atoms with Crippen molar-refractivity contribution in [2.24, 2.45) is 11.8 Å². The highest BCUT2D eigenvalue weighted by Gasteiger charge is 2.41. The number of carbonyl (C=O) groups excluding carboxylic acids is 2. The average Bonchev–Trinajstić information content (AvgIpc) is 2.69. The molecule has 8 nitrogen and oxygen atoms in total. The Morgan fingerprint density at radius 2 is 1.42 bits per heavy atom. The SMILES string of the molecule is CC1=C(C(=O)OCC(C)C)C(c2ccccc2[N+](=O)[O-])C(C(=O)OCC(C)C)=C(C)N1. The number of hydrogen-bond acceptors (Lipinski definition) is 7. The predicted octanol–water partition coefficient (Wildman–Crippen LogP) is 4.23. The minimum atomic E-state index is -0.984. The van der Waals surface area contributed by atoms with Crippen LogP contribution in [0.25, 0.3) is 0 Å². The van der Waals surface area contributed by atoms with Crippen molar-refractivity contribution < 1.29 is 24.0 Å². The van der Waals surface area contributed by atoms with Crippen LogP contribution in [-0.4, -0.2) is 30.1 Å². The van der Waals surface area contributed by atoms with Crippen LogP contribution >= 0.6 is 0 Å². The van der Waals surface area contributed by atoms with E-state index in [0.717, 1.165) is 0 Å². The number of hydrogen-bond donors (Lipinski definition) is 1. The van der Waals surface area contributed by atoms with Crippen molar-refractivity contribution in [2.75, 3.05) is 13.2 Å². The molecule has 0 amide bonds. The third-order valence-corrected chi connectivity index (χ3v) is 4.74. The van der Waals surface area contributed by atoms with Gasteiger partial charge in [0.15, 0.2) is 0 Å². The predicted molar refractivity (Wildman–Crippen MR) is 116 cm³/mol. The van der Waals surface area contributed by atoms with Gasteiger partial charge in [0.25, 0.3) is 5.69 Å². The van der Waals surface area contributed by atoms with Crippen molar-refractivity contribution in [1.82, 2.24) is 5.32 Å². The van der Waals surface area contributed by atoms with E-state index in [4.69, 9.17) is 9.47 Å². The van der Waals surface area contributed by atoms with Crippen LogP contribution in [0.2, 0.25) is 0 Å². The lowest BCUT2D eigenvalue weighted by Crippen LogP contribution is -2.33. The van der Waals surface area contributed by atoms with E-state index >= 15 is 0 Å². The highest BCUT2D eigenvalue weighted by atomic mass is 16.6. The molecule has 0 unspecified atom stereocenters. The molecule has 8 heteroatoms. The Morgan fingerprint density at radius 3 is 1.84 bits per heavy atom. The summed E-state index contributed by atoms with van der Waals surface area (Å²) in [5.74, 6) is -2.01. The number of dihydropyridines is 1. The lowest BCUT2D eigenvalue weighted by Gasteiger charge is -2.30. The lowest BCUT2D eigenvalue weighted by molar-refractivity contribution is -0.385. The summed E-state index contributed by atoms with van der Waals surface area (Å²) in [7, 11) is 0. The Morgan fingerprint density at radius 1 is 0.968 bits per heavy atom. The topological polar surface area (TPSA) is 108 Å². The fraction of sp³-hybridized carbons (Fsp3) is 0.478. The van der Waals surface area contributed by atoms with Gasteiger partial charge in [-0.1, -0.05) is 45.9 Å². The monoisotopic (exact) mass is 430 g/mol. The molecule has 0 saturated heterocycles. The number of rotatable bonds is 8. The second kappa shape index (κ2) is 10.2. The molecule has 1 aliphatic rings. The van der Waals surface area contributed by atoms with Crippen LogP contribution in [0.15, 0.2) is 46.8 Å². The van der Waals surface area contributed by atoms with Crippen LogP contribution in [0, 0.1) is 22.0 Å². The third-order valence-electron chi connectivity index (χ3n) is 4.74. The Bertz CT molecular complexity index is 884. The van der Waals surface area contributed by atoms with Crippen molar-refractivity contribution in [3.05, 3.63) is 62.5 Å². The van der Waals surface area contributed by atoms with Gasteiger partial charge in [-0.25, -0.2) is 9.59 Å². The molecular weight excluding hydrogens is 400 g/mol. The summed E-state index contributed by atoms with van der Waals surface area (Å²) in [4.78, 5) is 37.3. The zero-order chi connectivity index (χ0) is 23.3. The Hall–Kier alpha value is -3.16. The fourth-order valence-corrected chi connectivity index (χ4v) is 3.38. The molecule has 2 rings (SSSR count). The van der Waals surface area contributed by atoms with Gasteiger partial charge in [0, 0.05) is 23.0 Å². The molecule has 31 heavy (non-hydrogen) atoms. The van der Waals surface area contributed by atoms with E-state index in [0.29, 0.717) is 11.4 Å². The van der Waals surface area contributed by atoms with Crippen LogP contribution < -0.4 is 5.32 Å². The number of allylic oxidation sites excluding steroid dienone is 2. The largest absolute Gasteiger partial charge is 0.462 e. The molecule has 0 aromatic heterocycles. The first-order valence-electron chi connectivity index (χ1n) is 10.3. The number of para-hydroxylation sites is 1. The van der Waals surface area contributed by atoms with E-state index < -0.39 is 22.8 Å². The summed E-state index contributed by atoms with van der Waals surface area (Å²) < 4.78 is 10.9. The number of benzene rings is 1. The van der Waals surface area contributed by atoms with Crippen LogP contribution in [0.5, 0.6) is 0 Å². The first-order valence-corrected chi connectivity index (χ1v) is 10.3. The number of nitrogens with one attached hydrogen (secondary N) is 1. The van der Waals surface area contributed by atoms with Gasteiger partial charge in [0.05, 0.1) is 35.2 Å². The van der Waals surface area contributed by atoms with Crippen molar-refractivity contribution in [1.29, 1.82) is 0 Å². The van der Waals surface area contributed by atoms with Crippen molar-refractivity contribution in [3.8, 4) is 0 Å². The molecule has 0 bridgehead atoms. The molecule has 0 spiro atoms. The highest BCUT2D eigenvalue weighted by molar-refractivity contribution is 6.00. The summed E-state index contributed by atoms with van der Waals surface area (Å²) in [6, 6.07) is 6.10. The molecule has 0 aliphatic carbocycles. The number of nitro benzene ring substituents is 1. The molecule has 1 aliphatic heterocycles. The Kier molecular flexibility index (Phi) is 7.96. The molecule has 1 aromatic rings. The molecular formula is C23H30N2O6. The highest BCUT2D eigenvalue weighted by Crippen LogP contribution is 2.42. The van der Waals surface area contributed by atoms with E-state index in [2.05, 4.69) is 5.32 Å². The van der Waals surface area contributed by atoms with Gasteiger partial charge in [-0.3, -0.25) is 10.1 Å². The van der Waals surface area contributed by atoms with Gasteiger partial charge in [-0.05, 0) is 25.7 Å². The number of nitrogens with zero attached hydrogens (tertiary/aromatic N) is 1. The van der Waals surface area contributed by atoms with Crippen molar-refractivity contribution >= 4 is 17.6 Å². The summed E-state index contributed by atoms with van der Waals surface area (Å²) >= 11 is 0. The van der Waals surface area contributed by atoms with E-state index in [1.54, 1.807) is 32.0 Å². The molecule has 1 heterocycles. The fourth-order valence-electron chi connectivity index (χ4n) is 3.38. The summed E-state index contributed by atoms with van der Waals surface area (Å²) in [5.41, 5.74) is 1.35. The molecule has 1 N–H and O–H groups in total. The minimum absolute atomic E-state index is 0.110. The normalized spacial score (nSPS) is 14.7. The molecule has 0 saturated carbocycles. The van der Waals surface area contributed by atoms with Gasteiger partial charge in [-0.15, -0.1) is 0 Å². The van der Waals surface area contributed by atoms with Crippen LogP contribution in [0.3, 0.4) is 0 Å². The van der Waals surface area contributed by atoms with Crippen LogP contribution in [0.1, 0.15) is 53.0 Å². The Balaban J connectivity index is 2.64. The molecule has 0 atom stereocenters. The summed E-state index contributed by atoms with van der Waals surface area (Å²) in [5, 5.41) is 14.8. The molecule has 0 fully saturated rings. The van der Waals surface area contributed by atoms with Gasteiger partial charge in [-0.2, -0.15) is 0 Å². The van der Waals surface area contributed by atoms with Gasteiger partial charge in [0.2, 0.25) is 0 Å². The van der Waals surface area contributed by atoms with E-state index in [-0.39, 0.29) is 47.4 Å². The Labute approximate surface area is 182 Å². The molecule has 0 radical (unpaired) electrons.